The molecule has 0 saturated heterocycles. The van der Waals surface area contributed by atoms with Crippen molar-refractivity contribution < 1.29 is 0 Å². The number of nitrogens with zero attached hydrogens (tertiary/aromatic N) is 4. The molecular weight excluding hydrogens is 729 g/mol. The third-order valence-corrected chi connectivity index (χ3v) is 12.3. The van der Waals surface area contributed by atoms with Crippen molar-refractivity contribution in [3.05, 3.63) is 218 Å². The van der Waals surface area contributed by atoms with Gasteiger partial charge in [-0.1, -0.05) is 146 Å². The van der Waals surface area contributed by atoms with Crippen molar-refractivity contribution in [2.45, 2.75) is 12.3 Å². The van der Waals surface area contributed by atoms with E-state index in [1.165, 1.54) is 66.0 Å². The summed E-state index contributed by atoms with van der Waals surface area (Å²) in [5.41, 5.74) is 16.6. The van der Waals surface area contributed by atoms with Crippen LogP contribution < -0.4 is 0 Å². The van der Waals surface area contributed by atoms with Crippen LogP contribution in [0.5, 0.6) is 0 Å². The maximum Gasteiger partial charge on any atom is 0.0973 e. The van der Waals surface area contributed by atoms with Gasteiger partial charge >= 0.3 is 0 Å². The second-order valence-electron chi connectivity index (χ2n) is 15.7. The van der Waals surface area contributed by atoms with Gasteiger partial charge in [0.25, 0.3) is 0 Å². The first kappa shape index (κ1) is 34.2. The fourth-order valence-corrected chi connectivity index (χ4v) is 9.47. The highest BCUT2D eigenvalue weighted by molar-refractivity contribution is 6.13. The second-order valence-corrected chi connectivity index (χ2v) is 15.7. The Labute approximate surface area is 347 Å². The van der Waals surface area contributed by atoms with E-state index in [4.69, 9.17) is 9.97 Å². The highest BCUT2D eigenvalue weighted by Crippen LogP contribution is 2.42. The van der Waals surface area contributed by atoms with Gasteiger partial charge in [-0.2, -0.15) is 0 Å². The van der Waals surface area contributed by atoms with Crippen molar-refractivity contribution >= 4 is 60.3 Å². The van der Waals surface area contributed by atoms with Crippen LogP contribution in [0.1, 0.15) is 17.9 Å². The third kappa shape index (κ3) is 5.53. The lowest BCUT2D eigenvalue weighted by molar-refractivity contribution is 0.830. The maximum atomic E-state index is 5.15. The number of allylic oxidation sites excluding steroid dienone is 4. The molecule has 0 amide bonds. The summed E-state index contributed by atoms with van der Waals surface area (Å²) < 4.78 is 4.88. The second kappa shape index (κ2) is 13.9. The average Bonchev–Trinajstić information content (AvgIpc) is 3.84. The molecule has 0 fully saturated rings. The molecule has 1 atom stereocenters. The van der Waals surface area contributed by atoms with Crippen LogP contribution in [0.15, 0.2) is 212 Å². The van der Waals surface area contributed by atoms with Gasteiger partial charge in [0.15, 0.2) is 0 Å². The molecule has 282 valence electrons. The molecule has 3 aromatic heterocycles. The molecule has 4 heteroatoms. The molecular formula is C56H38N4. The van der Waals surface area contributed by atoms with E-state index in [0.717, 1.165) is 45.7 Å². The van der Waals surface area contributed by atoms with Crippen molar-refractivity contribution in [3.63, 3.8) is 0 Å². The first-order valence-electron chi connectivity index (χ1n) is 20.7. The van der Waals surface area contributed by atoms with E-state index in [1.807, 2.05) is 30.3 Å². The Morgan fingerprint density at radius 1 is 0.400 bits per heavy atom. The number of rotatable bonds is 6. The topological polar surface area (TPSA) is 35.6 Å². The van der Waals surface area contributed by atoms with E-state index >= 15 is 0 Å². The lowest BCUT2D eigenvalue weighted by Crippen LogP contribution is -2.09. The summed E-state index contributed by atoms with van der Waals surface area (Å²) in [6.45, 7) is 0. The average molecular weight is 767 g/mol. The van der Waals surface area contributed by atoms with E-state index in [1.54, 1.807) is 0 Å². The number of para-hydroxylation sites is 4. The van der Waals surface area contributed by atoms with Crippen LogP contribution in [0.3, 0.4) is 0 Å². The maximum absolute atomic E-state index is 5.15. The van der Waals surface area contributed by atoms with E-state index in [9.17, 15) is 0 Å². The number of hydrogen-bond donors (Lipinski definition) is 0. The SMILES string of the molecule is C1=CCC(c2ccccc2)C(n2c3ccccc3c3cc(-c4ccc5c(c4)c4ccccc4n5-c4ccc(-c5nc6ccccc6nc5-c5ccccc5)cc4)ccc32)=C1. The zero-order valence-corrected chi connectivity index (χ0v) is 32.8. The molecule has 8 aromatic carbocycles. The summed E-state index contributed by atoms with van der Waals surface area (Å²) in [6, 6.07) is 69.7. The molecule has 0 bridgehead atoms. The Balaban J connectivity index is 0.960. The van der Waals surface area contributed by atoms with Gasteiger partial charge in [-0.25, -0.2) is 9.97 Å². The van der Waals surface area contributed by atoms with Crippen molar-refractivity contribution in [1.29, 1.82) is 0 Å². The molecule has 3 heterocycles. The van der Waals surface area contributed by atoms with E-state index < -0.39 is 0 Å². The first-order valence-corrected chi connectivity index (χ1v) is 20.7. The van der Waals surface area contributed by atoms with Crippen molar-refractivity contribution in [1.82, 2.24) is 19.1 Å². The fourth-order valence-electron chi connectivity index (χ4n) is 9.47. The standard InChI is InChI=1S/C56H38N4/c1-3-15-37(16-4-1)43-19-7-12-24-50(43)60-52-26-14-9-21-45(52)47-36-41(30-34-54(47)60)40-29-33-53-46(35-40)44-20-8-13-25-51(44)59(53)42-31-27-39(28-32-42)56-55(38-17-5-2-6-18-38)57-48-22-10-11-23-49(48)58-56/h1-18,20-36,43H,19H2. The Kier molecular flexibility index (Phi) is 7.95. The number of benzene rings is 8. The van der Waals surface area contributed by atoms with Crippen molar-refractivity contribution in [3.8, 4) is 39.3 Å². The molecule has 0 saturated carbocycles. The van der Waals surface area contributed by atoms with Gasteiger partial charge in [-0.05, 0) is 89.9 Å². The zero-order valence-electron chi connectivity index (χ0n) is 32.8. The molecule has 1 aliphatic rings. The van der Waals surface area contributed by atoms with Crippen LogP contribution in [0.25, 0.3) is 99.7 Å². The molecule has 0 aliphatic heterocycles. The number of hydrogen-bond acceptors (Lipinski definition) is 2. The summed E-state index contributed by atoms with van der Waals surface area (Å²) in [7, 11) is 0. The number of aromatic nitrogens is 4. The van der Waals surface area contributed by atoms with Crippen molar-refractivity contribution in [2.24, 2.45) is 0 Å². The van der Waals surface area contributed by atoms with Crippen LogP contribution >= 0.6 is 0 Å². The summed E-state index contributed by atoms with van der Waals surface area (Å²) >= 11 is 0. The van der Waals surface area contributed by atoms with Gasteiger partial charge in [0, 0.05) is 50.0 Å². The molecule has 1 unspecified atom stereocenters. The predicted molar refractivity (Wildman–Crippen MR) is 250 cm³/mol. The van der Waals surface area contributed by atoms with Crippen LogP contribution in [0.4, 0.5) is 0 Å². The quantitative estimate of drug-likeness (QED) is 0.169. The highest BCUT2D eigenvalue weighted by atomic mass is 15.0. The van der Waals surface area contributed by atoms with Crippen LogP contribution in [-0.4, -0.2) is 19.1 Å². The summed E-state index contributed by atoms with van der Waals surface area (Å²) in [5, 5.41) is 4.99. The van der Waals surface area contributed by atoms with E-state index in [2.05, 4.69) is 191 Å². The lowest BCUT2D eigenvalue weighted by Gasteiger charge is -2.24. The van der Waals surface area contributed by atoms with E-state index in [0.29, 0.717) is 0 Å². The molecule has 1 aliphatic carbocycles. The van der Waals surface area contributed by atoms with Gasteiger partial charge in [0.1, 0.15) is 0 Å². The smallest absolute Gasteiger partial charge is 0.0973 e. The summed E-state index contributed by atoms with van der Waals surface area (Å²) in [6.07, 6.45) is 7.79. The van der Waals surface area contributed by atoms with E-state index in [-0.39, 0.29) is 5.92 Å². The van der Waals surface area contributed by atoms with Gasteiger partial charge in [-0.3, -0.25) is 0 Å². The van der Waals surface area contributed by atoms with Crippen molar-refractivity contribution in [2.75, 3.05) is 0 Å². The Morgan fingerprint density at radius 2 is 0.883 bits per heavy atom. The minimum absolute atomic E-state index is 0.282. The van der Waals surface area contributed by atoms with Crippen LogP contribution in [0.2, 0.25) is 0 Å². The monoisotopic (exact) mass is 766 g/mol. The molecule has 12 rings (SSSR count). The van der Waals surface area contributed by atoms with Gasteiger partial charge in [0.2, 0.25) is 0 Å². The highest BCUT2D eigenvalue weighted by Gasteiger charge is 2.23. The predicted octanol–water partition coefficient (Wildman–Crippen LogP) is 14.4. The largest absolute Gasteiger partial charge is 0.312 e. The Morgan fingerprint density at radius 3 is 1.52 bits per heavy atom. The van der Waals surface area contributed by atoms with Gasteiger partial charge < -0.3 is 9.13 Å². The minimum atomic E-state index is 0.282. The zero-order chi connectivity index (χ0) is 39.6. The molecule has 11 aromatic rings. The summed E-state index contributed by atoms with van der Waals surface area (Å²) in [4.78, 5) is 10.3. The summed E-state index contributed by atoms with van der Waals surface area (Å²) in [5.74, 6) is 0.282. The Bertz CT molecular complexity index is 3500. The van der Waals surface area contributed by atoms with Crippen LogP contribution in [-0.2, 0) is 0 Å². The van der Waals surface area contributed by atoms with Gasteiger partial charge in [-0.15, -0.1) is 0 Å². The third-order valence-electron chi connectivity index (χ3n) is 12.3. The molecule has 0 N–H and O–H groups in total. The molecule has 0 radical (unpaired) electrons. The molecule has 0 spiro atoms. The molecule has 60 heavy (non-hydrogen) atoms. The first-order chi connectivity index (χ1) is 29.8. The normalized spacial score (nSPS) is 14.1. The lowest BCUT2D eigenvalue weighted by atomic mass is 9.89. The minimum Gasteiger partial charge on any atom is -0.312 e. The van der Waals surface area contributed by atoms with Gasteiger partial charge in [0.05, 0.1) is 44.5 Å². The molecule has 4 nitrogen and oxygen atoms in total. The fraction of sp³-hybridized carbons (Fsp3) is 0.0357. The Hall–Kier alpha value is -7.82. The number of fused-ring (bicyclic) bond motifs is 7. The van der Waals surface area contributed by atoms with Crippen LogP contribution in [0, 0.1) is 0 Å².